The summed E-state index contributed by atoms with van der Waals surface area (Å²) in [6.45, 7) is 6.27. The summed E-state index contributed by atoms with van der Waals surface area (Å²) < 4.78 is 24.4. The Hall–Kier alpha value is -3.09. The molecule has 0 aliphatic carbocycles. The van der Waals surface area contributed by atoms with E-state index < -0.39 is 11.6 Å². The molecule has 0 atom stereocenters. The molecule has 178 valence electrons. The molecule has 0 heterocycles. The van der Waals surface area contributed by atoms with Crippen LogP contribution in [0.25, 0.3) is 0 Å². The zero-order valence-electron chi connectivity index (χ0n) is 19.6. The maximum Gasteiger partial charge on any atom is 0.251 e. The van der Waals surface area contributed by atoms with Gasteiger partial charge in [0.25, 0.3) is 5.91 Å². The molecular weight excluding hydrogens is 422 g/mol. The molecule has 0 unspecified atom stereocenters. The molecule has 3 rings (SSSR count). The summed E-state index contributed by atoms with van der Waals surface area (Å²) >= 11 is 0. The van der Waals surface area contributed by atoms with Gasteiger partial charge >= 0.3 is 0 Å². The second-order valence-corrected chi connectivity index (χ2v) is 7.27. The quantitative estimate of drug-likeness (QED) is 0.416. The minimum atomic E-state index is -0.521. The van der Waals surface area contributed by atoms with Crippen LogP contribution in [0.2, 0.25) is 0 Å². The minimum Gasteiger partial charge on any atom is -0.400 e. The number of aliphatic hydroxyl groups excluding tert-OH is 1. The first-order valence-electron chi connectivity index (χ1n) is 11.0. The Morgan fingerprint density at radius 1 is 0.848 bits per heavy atom. The third-order valence-electron chi connectivity index (χ3n) is 4.59. The lowest BCUT2D eigenvalue weighted by molar-refractivity contribution is 0.0953. The number of rotatable bonds is 8. The molecule has 0 spiro atoms. The van der Waals surface area contributed by atoms with Gasteiger partial charge < -0.3 is 15.7 Å². The summed E-state index contributed by atoms with van der Waals surface area (Å²) in [6, 6.07) is 21.4. The summed E-state index contributed by atoms with van der Waals surface area (Å²) in [5.41, 5.74) is 4.00. The average molecular weight is 457 g/mol. The molecule has 0 aromatic heterocycles. The Bertz CT molecular complexity index is 899. The van der Waals surface area contributed by atoms with Gasteiger partial charge in [0.05, 0.1) is 0 Å². The van der Waals surface area contributed by atoms with Gasteiger partial charge in [-0.05, 0) is 67.3 Å². The summed E-state index contributed by atoms with van der Waals surface area (Å²) in [4.78, 5) is 11.8. The van der Waals surface area contributed by atoms with E-state index in [0.29, 0.717) is 17.7 Å². The lowest BCUT2D eigenvalue weighted by Gasteiger charge is -2.08. The fraction of sp³-hybridized carbons (Fsp3) is 0.296. The third-order valence-corrected chi connectivity index (χ3v) is 4.59. The Kier molecular flexibility index (Phi) is 14.0. The van der Waals surface area contributed by atoms with Crippen molar-refractivity contribution in [2.75, 3.05) is 20.2 Å². The van der Waals surface area contributed by atoms with Gasteiger partial charge in [-0.15, -0.1) is 0 Å². The molecule has 0 fully saturated rings. The predicted octanol–water partition coefficient (Wildman–Crippen LogP) is 5.04. The van der Waals surface area contributed by atoms with Gasteiger partial charge in [0.2, 0.25) is 0 Å². The molecule has 0 aliphatic rings. The van der Waals surface area contributed by atoms with Gasteiger partial charge in [0.15, 0.2) is 0 Å². The van der Waals surface area contributed by atoms with Crippen LogP contribution in [0.1, 0.15) is 40.4 Å². The van der Waals surface area contributed by atoms with Gasteiger partial charge in [-0.2, -0.15) is 0 Å². The average Bonchev–Trinajstić information content (AvgIpc) is 2.82. The lowest BCUT2D eigenvalue weighted by Crippen LogP contribution is -2.27. The fourth-order valence-electron chi connectivity index (χ4n) is 2.99. The topological polar surface area (TPSA) is 61.4 Å². The Balaban J connectivity index is 0.000000412. The van der Waals surface area contributed by atoms with Crippen LogP contribution in [0, 0.1) is 18.6 Å². The van der Waals surface area contributed by atoms with Crippen LogP contribution in [0.5, 0.6) is 0 Å². The molecule has 33 heavy (non-hydrogen) atoms. The minimum absolute atomic E-state index is 0.00348. The molecule has 4 nitrogen and oxygen atoms in total. The van der Waals surface area contributed by atoms with Crippen molar-refractivity contribution in [3.63, 3.8) is 0 Å². The van der Waals surface area contributed by atoms with Crippen molar-refractivity contribution in [1.82, 2.24) is 10.6 Å². The molecule has 3 aromatic carbocycles. The number of nitrogens with one attached hydrogen (secondary N) is 2. The smallest absolute Gasteiger partial charge is 0.251 e. The molecule has 0 bridgehead atoms. The van der Waals surface area contributed by atoms with Crippen molar-refractivity contribution in [3.8, 4) is 0 Å². The SMILES string of the molecule is CCc1cccc(CNCCCNC(=O)c2ccccc2)c1.CO.Cc1cc(F)cc(F)c1. The molecule has 0 aliphatic heterocycles. The zero-order valence-corrected chi connectivity index (χ0v) is 19.6. The largest absolute Gasteiger partial charge is 0.400 e. The first-order valence-corrected chi connectivity index (χ1v) is 11.0. The number of benzene rings is 3. The van der Waals surface area contributed by atoms with Crippen molar-refractivity contribution < 1.29 is 18.7 Å². The third kappa shape index (κ3) is 11.9. The van der Waals surface area contributed by atoms with Gasteiger partial charge in [0.1, 0.15) is 11.6 Å². The van der Waals surface area contributed by atoms with E-state index in [1.165, 1.54) is 23.3 Å². The van der Waals surface area contributed by atoms with Crippen molar-refractivity contribution in [1.29, 1.82) is 0 Å². The second-order valence-electron chi connectivity index (χ2n) is 7.27. The zero-order chi connectivity index (χ0) is 24.5. The summed E-state index contributed by atoms with van der Waals surface area (Å²) in [5.74, 6) is -1.05. The van der Waals surface area contributed by atoms with Crippen LogP contribution in [-0.4, -0.2) is 31.2 Å². The maximum atomic E-state index is 12.2. The van der Waals surface area contributed by atoms with E-state index in [4.69, 9.17) is 5.11 Å². The summed E-state index contributed by atoms with van der Waals surface area (Å²) in [7, 11) is 1.00. The number of halogens is 2. The standard InChI is InChI=1S/C19H24N2O.C7H6F2.CH4O/c1-2-16-8-6-9-17(14-16)15-20-12-7-13-21-19(22)18-10-4-3-5-11-18;1-5-2-6(8)4-7(9)3-5;1-2/h3-6,8-11,14,20H,2,7,12-13,15H2,1H3,(H,21,22);2-4H,1H3;2H,1H3. The van der Waals surface area contributed by atoms with Crippen LogP contribution < -0.4 is 10.6 Å². The number of hydrogen-bond donors (Lipinski definition) is 3. The normalized spacial score (nSPS) is 9.76. The van der Waals surface area contributed by atoms with Crippen LogP contribution in [0.15, 0.2) is 72.8 Å². The van der Waals surface area contributed by atoms with Crippen LogP contribution in [0.4, 0.5) is 8.78 Å². The molecule has 0 radical (unpaired) electrons. The first-order chi connectivity index (χ1) is 16.0. The van der Waals surface area contributed by atoms with Crippen molar-refractivity contribution >= 4 is 5.91 Å². The highest BCUT2D eigenvalue weighted by Crippen LogP contribution is 2.06. The number of amides is 1. The number of carbonyl (C=O) groups excluding carboxylic acids is 1. The van der Waals surface area contributed by atoms with Crippen LogP contribution >= 0.6 is 0 Å². The number of hydrogen-bond acceptors (Lipinski definition) is 3. The van der Waals surface area contributed by atoms with E-state index in [2.05, 4.69) is 41.8 Å². The molecule has 3 N–H and O–H groups in total. The van der Waals surface area contributed by atoms with Crippen LogP contribution in [-0.2, 0) is 13.0 Å². The molecule has 6 heteroatoms. The molecule has 1 amide bonds. The first kappa shape index (κ1) is 27.9. The monoisotopic (exact) mass is 456 g/mol. The number of aryl methyl sites for hydroxylation is 2. The van der Waals surface area contributed by atoms with Gasteiger partial charge in [-0.1, -0.05) is 49.4 Å². The van der Waals surface area contributed by atoms with E-state index in [1.807, 2.05) is 30.3 Å². The lowest BCUT2D eigenvalue weighted by atomic mass is 10.1. The summed E-state index contributed by atoms with van der Waals surface area (Å²) in [6.07, 6.45) is 1.99. The van der Waals surface area contributed by atoms with E-state index in [0.717, 1.165) is 39.1 Å². The van der Waals surface area contributed by atoms with Crippen molar-refractivity contribution in [3.05, 3.63) is 107 Å². The van der Waals surface area contributed by atoms with Gasteiger partial charge in [-0.25, -0.2) is 8.78 Å². The van der Waals surface area contributed by atoms with E-state index in [9.17, 15) is 13.6 Å². The summed E-state index contributed by atoms with van der Waals surface area (Å²) in [5, 5.41) is 13.4. The highest BCUT2D eigenvalue weighted by molar-refractivity contribution is 5.94. The second kappa shape index (κ2) is 16.5. The molecule has 3 aromatic rings. The molecule has 0 saturated heterocycles. The van der Waals surface area contributed by atoms with E-state index in [1.54, 1.807) is 6.92 Å². The van der Waals surface area contributed by atoms with E-state index in [-0.39, 0.29) is 5.91 Å². The fourth-order valence-corrected chi connectivity index (χ4v) is 2.99. The Morgan fingerprint density at radius 3 is 2.09 bits per heavy atom. The van der Waals surface area contributed by atoms with Crippen molar-refractivity contribution in [2.45, 2.75) is 33.2 Å². The van der Waals surface area contributed by atoms with Gasteiger partial charge in [-0.3, -0.25) is 4.79 Å². The number of aliphatic hydroxyl groups is 1. The van der Waals surface area contributed by atoms with Crippen molar-refractivity contribution in [2.24, 2.45) is 0 Å². The number of carbonyl (C=O) groups is 1. The predicted molar refractivity (Wildman–Crippen MR) is 130 cm³/mol. The van der Waals surface area contributed by atoms with Gasteiger partial charge in [0, 0.05) is 31.8 Å². The molecule has 0 saturated carbocycles. The Labute approximate surface area is 195 Å². The Morgan fingerprint density at radius 2 is 1.48 bits per heavy atom. The molecular formula is C27H34F2N2O2. The highest BCUT2D eigenvalue weighted by atomic mass is 19.1. The van der Waals surface area contributed by atoms with E-state index >= 15 is 0 Å². The maximum absolute atomic E-state index is 12.2. The van der Waals surface area contributed by atoms with Crippen LogP contribution in [0.3, 0.4) is 0 Å². The highest BCUT2D eigenvalue weighted by Gasteiger charge is 2.02.